The van der Waals surface area contributed by atoms with Crippen LogP contribution in [0.1, 0.15) is 18.1 Å². The Balaban J connectivity index is 2.03. The smallest absolute Gasteiger partial charge is 0.327 e. The molecular formula is C15H17NO4S. The zero-order valence-corrected chi connectivity index (χ0v) is 12.4. The van der Waals surface area contributed by atoms with E-state index in [9.17, 15) is 14.7 Å². The van der Waals surface area contributed by atoms with Gasteiger partial charge in [-0.2, -0.15) is 0 Å². The highest BCUT2D eigenvalue weighted by Gasteiger charge is 2.31. The van der Waals surface area contributed by atoms with Crippen molar-refractivity contribution >= 4 is 29.7 Å². The number of carboxylic acid groups (broad SMARTS) is 1. The summed E-state index contributed by atoms with van der Waals surface area (Å²) in [6.07, 6.45) is 3.92. The molecule has 0 spiro atoms. The number of amides is 1. The number of benzene rings is 1. The van der Waals surface area contributed by atoms with Crippen molar-refractivity contribution in [2.24, 2.45) is 0 Å². The van der Waals surface area contributed by atoms with Crippen LogP contribution in [0.5, 0.6) is 0 Å². The van der Waals surface area contributed by atoms with Crippen molar-refractivity contribution in [1.29, 1.82) is 0 Å². The molecule has 5 nitrogen and oxygen atoms in total. The second-order valence-electron chi connectivity index (χ2n) is 4.96. The molecule has 0 bridgehead atoms. The van der Waals surface area contributed by atoms with E-state index >= 15 is 0 Å². The van der Waals surface area contributed by atoms with Gasteiger partial charge in [-0.3, -0.25) is 4.79 Å². The molecule has 0 aliphatic heterocycles. The molecule has 0 radical (unpaired) electrons. The standard InChI is InChI=1S/C15H17NO4S/c1-10(17)16-13(14(18)19)9-21-15(20)7-6-11-4-2-3-5-12(11)8-15/h2-7,13,20H,8-9H2,1H3,(H,16,17)(H,18,19)/t13-,15?/m0/s1. The zero-order chi connectivity index (χ0) is 15.5. The lowest BCUT2D eigenvalue weighted by molar-refractivity contribution is -0.140. The van der Waals surface area contributed by atoms with Crippen LogP contribution >= 0.6 is 11.8 Å². The minimum atomic E-state index is -1.15. The molecule has 6 heteroatoms. The van der Waals surface area contributed by atoms with Gasteiger partial charge in [0.2, 0.25) is 5.91 Å². The third-order valence-corrected chi connectivity index (χ3v) is 4.48. The minimum absolute atomic E-state index is 0.0952. The second-order valence-corrected chi connectivity index (χ2v) is 6.29. The third-order valence-electron chi connectivity index (χ3n) is 3.20. The van der Waals surface area contributed by atoms with Gasteiger partial charge in [0.15, 0.2) is 0 Å². The first kappa shape index (κ1) is 15.6. The summed E-state index contributed by atoms with van der Waals surface area (Å²) in [4.78, 5) is 20.9. The van der Waals surface area contributed by atoms with Crippen LogP contribution in [0, 0.1) is 0 Å². The second kappa shape index (κ2) is 6.32. The molecule has 0 saturated heterocycles. The van der Waals surface area contributed by atoms with E-state index in [0.29, 0.717) is 6.42 Å². The summed E-state index contributed by atoms with van der Waals surface area (Å²) < 4.78 is 0. The number of carbonyl (C=O) groups is 2. The molecule has 1 aliphatic rings. The van der Waals surface area contributed by atoms with Gasteiger partial charge in [0, 0.05) is 19.1 Å². The van der Waals surface area contributed by atoms with Gasteiger partial charge in [0.25, 0.3) is 0 Å². The lowest BCUT2D eigenvalue weighted by Crippen LogP contribution is -2.43. The predicted molar refractivity (Wildman–Crippen MR) is 81.8 cm³/mol. The van der Waals surface area contributed by atoms with Gasteiger partial charge in [-0.25, -0.2) is 4.79 Å². The Kier molecular flexibility index (Phi) is 4.69. The van der Waals surface area contributed by atoms with Gasteiger partial charge in [-0.1, -0.05) is 30.3 Å². The van der Waals surface area contributed by atoms with E-state index in [1.165, 1.54) is 6.92 Å². The van der Waals surface area contributed by atoms with E-state index in [1.54, 1.807) is 6.08 Å². The molecule has 2 rings (SSSR count). The Bertz CT molecular complexity index is 587. The van der Waals surface area contributed by atoms with Gasteiger partial charge in [-0.15, -0.1) is 11.8 Å². The van der Waals surface area contributed by atoms with E-state index in [1.807, 2.05) is 30.3 Å². The summed E-state index contributed by atoms with van der Waals surface area (Å²) in [6, 6.07) is 6.72. The number of hydrogen-bond donors (Lipinski definition) is 3. The quantitative estimate of drug-likeness (QED) is 0.713. The summed E-state index contributed by atoms with van der Waals surface area (Å²) in [6.45, 7) is 1.27. The van der Waals surface area contributed by atoms with Crippen LogP contribution in [0.2, 0.25) is 0 Å². The van der Waals surface area contributed by atoms with E-state index in [-0.39, 0.29) is 5.75 Å². The highest BCUT2D eigenvalue weighted by Crippen LogP contribution is 2.34. The Labute approximate surface area is 127 Å². The van der Waals surface area contributed by atoms with Crippen molar-refractivity contribution < 1.29 is 19.8 Å². The summed E-state index contributed by atoms with van der Waals surface area (Å²) in [5.41, 5.74) is 2.07. The molecule has 0 fully saturated rings. The fourth-order valence-electron chi connectivity index (χ4n) is 2.16. The van der Waals surface area contributed by atoms with E-state index < -0.39 is 22.9 Å². The average molecular weight is 307 g/mol. The molecule has 112 valence electrons. The lowest BCUT2D eigenvalue weighted by atomic mass is 9.95. The van der Waals surface area contributed by atoms with Crippen LogP contribution in [0.25, 0.3) is 6.08 Å². The predicted octanol–water partition coefficient (Wildman–Crippen LogP) is 1.27. The Morgan fingerprint density at radius 3 is 2.81 bits per heavy atom. The number of aliphatic carboxylic acids is 1. The van der Waals surface area contributed by atoms with E-state index in [2.05, 4.69) is 5.32 Å². The maximum Gasteiger partial charge on any atom is 0.327 e. The first-order chi connectivity index (χ1) is 9.89. The molecule has 1 amide bonds. The Morgan fingerprint density at radius 2 is 2.14 bits per heavy atom. The number of hydrogen-bond acceptors (Lipinski definition) is 4. The minimum Gasteiger partial charge on any atom is -0.480 e. The SMILES string of the molecule is CC(=O)N[C@@H](CSC1(O)C=Cc2ccccc2C1)C(=O)O. The van der Waals surface area contributed by atoms with Crippen molar-refractivity contribution in [2.45, 2.75) is 24.3 Å². The van der Waals surface area contributed by atoms with Crippen LogP contribution in [-0.2, 0) is 16.0 Å². The van der Waals surface area contributed by atoms with Crippen molar-refractivity contribution in [1.82, 2.24) is 5.32 Å². The number of carboxylic acids is 1. The van der Waals surface area contributed by atoms with Crippen LogP contribution in [0.4, 0.5) is 0 Å². The molecular weight excluding hydrogens is 290 g/mol. The van der Waals surface area contributed by atoms with Gasteiger partial charge in [0.1, 0.15) is 11.0 Å². The highest BCUT2D eigenvalue weighted by atomic mass is 32.2. The fraction of sp³-hybridized carbons (Fsp3) is 0.333. The molecule has 1 aromatic rings. The summed E-state index contributed by atoms with van der Waals surface area (Å²) >= 11 is 1.11. The average Bonchev–Trinajstić information content (AvgIpc) is 2.42. The molecule has 1 aliphatic carbocycles. The van der Waals surface area contributed by atoms with Gasteiger partial charge in [0.05, 0.1) is 0 Å². The third kappa shape index (κ3) is 4.09. The lowest BCUT2D eigenvalue weighted by Gasteiger charge is -2.29. The van der Waals surface area contributed by atoms with Gasteiger partial charge in [-0.05, 0) is 17.2 Å². The van der Waals surface area contributed by atoms with E-state index in [4.69, 9.17) is 5.11 Å². The highest BCUT2D eigenvalue weighted by molar-refractivity contribution is 8.00. The normalized spacial score (nSPS) is 21.4. The summed E-state index contributed by atoms with van der Waals surface area (Å²) in [5.74, 6) is -1.42. The first-order valence-corrected chi connectivity index (χ1v) is 7.51. The van der Waals surface area contributed by atoms with Crippen molar-refractivity contribution in [2.75, 3.05) is 5.75 Å². The molecule has 0 heterocycles. The number of rotatable bonds is 5. The number of thioether (sulfide) groups is 1. The molecule has 21 heavy (non-hydrogen) atoms. The van der Waals surface area contributed by atoms with Crippen molar-refractivity contribution in [3.05, 3.63) is 41.5 Å². The van der Waals surface area contributed by atoms with Crippen molar-refractivity contribution in [3.63, 3.8) is 0 Å². The number of carbonyl (C=O) groups excluding carboxylic acids is 1. The number of aliphatic hydroxyl groups is 1. The van der Waals surface area contributed by atoms with Crippen LogP contribution < -0.4 is 5.32 Å². The summed E-state index contributed by atoms with van der Waals surface area (Å²) in [7, 11) is 0. The molecule has 2 atom stereocenters. The Morgan fingerprint density at radius 1 is 1.43 bits per heavy atom. The summed E-state index contributed by atoms with van der Waals surface area (Å²) in [5, 5.41) is 22.0. The molecule has 0 aromatic heterocycles. The fourth-order valence-corrected chi connectivity index (χ4v) is 3.26. The number of nitrogens with one attached hydrogen (secondary N) is 1. The van der Waals surface area contributed by atoms with Gasteiger partial charge < -0.3 is 15.5 Å². The maximum atomic E-state index is 11.1. The zero-order valence-electron chi connectivity index (χ0n) is 11.6. The number of fused-ring (bicyclic) bond motifs is 1. The first-order valence-electron chi connectivity index (χ1n) is 6.53. The van der Waals surface area contributed by atoms with Crippen LogP contribution in [0.15, 0.2) is 30.3 Å². The van der Waals surface area contributed by atoms with Crippen LogP contribution in [0.3, 0.4) is 0 Å². The van der Waals surface area contributed by atoms with Crippen molar-refractivity contribution in [3.8, 4) is 0 Å². The molecule has 1 unspecified atom stereocenters. The van der Waals surface area contributed by atoms with Crippen LogP contribution in [-0.4, -0.2) is 38.8 Å². The monoisotopic (exact) mass is 307 g/mol. The Hall–Kier alpha value is -1.79. The molecule has 0 saturated carbocycles. The van der Waals surface area contributed by atoms with E-state index in [0.717, 1.165) is 22.9 Å². The largest absolute Gasteiger partial charge is 0.480 e. The van der Waals surface area contributed by atoms with Gasteiger partial charge >= 0.3 is 5.97 Å². The molecule has 3 N–H and O–H groups in total. The molecule has 1 aromatic carbocycles. The topological polar surface area (TPSA) is 86.6 Å². The maximum absolute atomic E-state index is 11.1.